The molecule has 60 valence electrons. The van der Waals surface area contributed by atoms with Crippen LogP contribution < -0.4 is 5.73 Å². The molecule has 4 nitrogen and oxygen atoms in total. The van der Waals surface area contributed by atoms with E-state index in [1.807, 2.05) is 35.6 Å². The number of nitrogens with two attached hydrogens (primary N) is 1. The molecule has 0 saturated heterocycles. The van der Waals surface area contributed by atoms with Gasteiger partial charge in [-0.3, -0.25) is 4.99 Å². The highest BCUT2D eigenvalue weighted by atomic mass is 127. The molecule has 0 aliphatic heterocycles. The van der Waals surface area contributed by atoms with Crippen LogP contribution in [0.15, 0.2) is 27.5 Å². The fraction of sp³-hybridized carbons (Fsp3) is 0.167. The number of aliphatic imine (C=N–C) groups is 1. The zero-order valence-electron chi connectivity index (χ0n) is 6.11. The van der Waals surface area contributed by atoms with E-state index < -0.39 is 0 Å². The van der Waals surface area contributed by atoms with Gasteiger partial charge in [0.25, 0.3) is 0 Å². The molecule has 0 atom stereocenters. The Morgan fingerprint density at radius 1 is 1.45 bits per heavy atom. The van der Waals surface area contributed by atoms with E-state index in [-0.39, 0.29) is 0 Å². The summed E-state index contributed by atoms with van der Waals surface area (Å²) in [6, 6.07) is 0. The first-order valence-electron chi connectivity index (χ1n) is 2.92. The summed E-state index contributed by atoms with van der Waals surface area (Å²) in [6.45, 7) is 1.88. The molecule has 0 aliphatic carbocycles. The van der Waals surface area contributed by atoms with Crippen LogP contribution in [0.5, 0.6) is 0 Å². The van der Waals surface area contributed by atoms with Crippen molar-refractivity contribution in [2.75, 3.05) is 0 Å². The minimum absolute atomic E-state index is 0.401. The summed E-state index contributed by atoms with van der Waals surface area (Å²) in [4.78, 5) is 3.82. The lowest BCUT2D eigenvalue weighted by molar-refractivity contribution is 1.26. The van der Waals surface area contributed by atoms with Crippen LogP contribution in [0.1, 0.15) is 6.92 Å². The summed E-state index contributed by atoms with van der Waals surface area (Å²) < 4.78 is 0.401. The van der Waals surface area contributed by atoms with E-state index in [0.717, 1.165) is 0 Å². The first-order valence-corrected chi connectivity index (χ1v) is 4.00. The predicted octanol–water partition coefficient (Wildman–Crippen LogP) is 1.33. The average Bonchev–Trinajstić information content (AvgIpc) is 1.96. The topological polar surface area (TPSA) is 63.1 Å². The highest BCUT2D eigenvalue weighted by Gasteiger charge is 1.72. The third-order valence-electron chi connectivity index (χ3n) is 0.608. The van der Waals surface area contributed by atoms with Crippen molar-refractivity contribution in [3.05, 3.63) is 12.3 Å². The standard InChI is InChI=1S/C6H9IN4/c1-2-3-9-4-5-10-11-6(7)8/h2-5H,1H3,(H2,8,11)/b3-2-,9-4?,10-5?. The number of rotatable bonds is 3. The number of amidine groups is 1. The van der Waals surface area contributed by atoms with E-state index in [1.165, 1.54) is 12.4 Å². The maximum absolute atomic E-state index is 5.20. The second-order valence-electron chi connectivity index (χ2n) is 1.47. The van der Waals surface area contributed by atoms with Crippen molar-refractivity contribution in [1.29, 1.82) is 0 Å². The second-order valence-corrected chi connectivity index (χ2v) is 2.57. The van der Waals surface area contributed by atoms with Crippen molar-refractivity contribution < 1.29 is 0 Å². The average molecular weight is 264 g/mol. The fourth-order valence-corrected chi connectivity index (χ4v) is 0.417. The van der Waals surface area contributed by atoms with Crippen molar-refractivity contribution in [2.24, 2.45) is 20.9 Å². The van der Waals surface area contributed by atoms with Crippen LogP contribution in [-0.4, -0.2) is 16.3 Å². The molecule has 0 saturated carbocycles. The summed E-state index contributed by atoms with van der Waals surface area (Å²) in [5.74, 6) is 0. The summed E-state index contributed by atoms with van der Waals surface area (Å²) >= 11 is 1.87. The number of halogens is 1. The molecule has 0 aromatic heterocycles. The molecule has 0 amide bonds. The van der Waals surface area contributed by atoms with E-state index in [0.29, 0.717) is 3.84 Å². The lowest BCUT2D eigenvalue weighted by Crippen LogP contribution is -1.98. The van der Waals surface area contributed by atoms with Gasteiger partial charge in [0.15, 0.2) is 3.84 Å². The van der Waals surface area contributed by atoms with E-state index in [2.05, 4.69) is 15.2 Å². The van der Waals surface area contributed by atoms with Gasteiger partial charge >= 0.3 is 0 Å². The maximum atomic E-state index is 5.20. The smallest absolute Gasteiger partial charge is 0.183 e. The quantitative estimate of drug-likeness (QED) is 0.270. The van der Waals surface area contributed by atoms with Gasteiger partial charge in [0, 0.05) is 35.0 Å². The van der Waals surface area contributed by atoms with Crippen LogP contribution in [0.2, 0.25) is 0 Å². The number of nitrogens with zero attached hydrogens (tertiary/aromatic N) is 3. The van der Waals surface area contributed by atoms with Gasteiger partial charge in [0.1, 0.15) is 0 Å². The lowest BCUT2D eigenvalue weighted by Gasteiger charge is -1.77. The maximum Gasteiger partial charge on any atom is 0.183 e. The molecule has 11 heavy (non-hydrogen) atoms. The third kappa shape index (κ3) is 9.28. The van der Waals surface area contributed by atoms with E-state index >= 15 is 0 Å². The van der Waals surface area contributed by atoms with Gasteiger partial charge in [0.2, 0.25) is 0 Å². The zero-order valence-corrected chi connectivity index (χ0v) is 8.26. The number of allylic oxidation sites excluding steroid dienone is 1. The summed E-state index contributed by atoms with van der Waals surface area (Å²) in [5, 5.41) is 7.15. The van der Waals surface area contributed by atoms with Crippen LogP contribution in [-0.2, 0) is 0 Å². The van der Waals surface area contributed by atoms with Crippen molar-refractivity contribution in [1.82, 2.24) is 0 Å². The Labute approximate surface area is 79.1 Å². The molecule has 0 aromatic rings. The minimum atomic E-state index is 0.401. The molecule has 0 fully saturated rings. The third-order valence-corrected chi connectivity index (χ3v) is 0.824. The molecule has 0 rings (SSSR count). The van der Waals surface area contributed by atoms with Crippen molar-refractivity contribution in [3.8, 4) is 0 Å². The fourth-order valence-electron chi connectivity index (χ4n) is 0.293. The highest BCUT2D eigenvalue weighted by Crippen LogP contribution is 1.80. The van der Waals surface area contributed by atoms with Crippen LogP contribution >= 0.6 is 22.6 Å². The van der Waals surface area contributed by atoms with Crippen LogP contribution in [0.25, 0.3) is 0 Å². The Morgan fingerprint density at radius 3 is 2.73 bits per heavy atom. The van der Waals surface area contributed by atoms with Gasteiger partial charge in [-0.05, 0) is 6.92 Å². The first kappa shape index (κ1) is 10.3. The van der Waals surface area contributed by atoms with Gasteiger partial charge in [-0.25, -0.2) is 0 Å². The Kier molecular flexibility index (Phi) is 6.90. The lowest BCUT2D eigenvalue weighted by atomic mass is 10.7. The molecule has 0 bridgehead atoms. The van der Waals surface area contributed by atoms with Gasteiger partial charge in [-0.2, -0.15) is 5.10 Å². The summed E-state index contributed by atoms with van der Waals surface area (Å²) in [7, 11) is 0. The second kappa shape index (κ2) is 7.39. The van der Waals surface area contributed by atoms with Crippen molar-refractivity contribution in [2.45, 2.75) is 6.92 Å². The number of hydrogen-bond acceptors (Lipinski definition) is 3. The Hall–Kier alpha value is -0.720. The van der Waals surface area contributed by atoms with Crippen LogP contribution in [0.4, 0.5) is 0 Å². The summed E-state index contributed by atoms with van der Waals surface area (Å²) in [5.41, 5.74) is 5.20. The molecule has 0 radical (unpaired) electrons. The molecule has 0 spiro atoms. The molecular weight excluding hydrogens is 255 g/mol. The van der Waals surface area contributed by atoms with E-state index in [4.69, 9.17) is 5.73 Å². The largest absolute Gasteiger partial charge is 0.377 e. The minimum Gasteiger partial charge on any atom is -0.377 e. The van der Waals surface area contributed by atoms with E-state index in [1.54, 1.807) is 6.20 Å². The Morgan fingerprint density at radius 2 is 2.18 bits per heavy atom. The van der Waals surface area contributed by atoms with Gasteiger partial charge in [0.05, 0.1) is 6.21 Å². The van der Waals surface area contributed by atoms with Crippen molar-refractivity contribution >= 4 is 38.9 Å². The monoisotopic (exact) mass is 264 g/mol. The first-order chi connectivity index (χ1) is 5.27. The molecule has 0 heterocycles. The molecule has 0 unspecified atom stereocenters. The van der Waals surface area contributed by atoms with Gasteiger partial charge < -0.3 is 5.73 Å². The Bertz CT molecular complexity index is 201. The van der Waals surface area contributed by atoms with Gasteiger partial charge in [-0.15, -0.1) is 5.10 Å². The number of hydrogen-bond donors (Lipinski definition) is 1. The normalized spacial score (nSPS) is 14.2. The SMILES string of the molecule is C/C=C\N=CC=NN=C(N)I. The van der Waals surface area contributed by atoms with Crippen LogP contribution in [0, 0.1) is 0 Å². The highest BCUT2D eigenvalue weighted by molar-refractivity contribution is 14.1. The molecule has 5 heteroatoms. The molecule has 0 aromatic carbocycles. The molecule has 0 aliphatic rings. The van der Waals surface area contributed by atoms with Crippen molar-refractivity contribution in [3.63, 3.8) is 0 Å². The Balaban J connectivity index is 3.69. The molecular formula is C6H9IN4. The molecule has 2 N–H and O–H groups in total. The van der Waals surface area contributed by atoms with Gasteiger partial charge in [-0.1, -0.05) is 6.08 Å². The summed E-state index contributed by atoms with van der Waals surface area (Å²) in [6.07, 6.45) is 6.47. The zero-order chi connectivity index (χ0) is 8.53. The van der Waals surface area contributed by atoms with E-state index in [9.17, 15) is 0 Å². The predicted molar refractivity (Wildman–Crippen MR) is 57.4 cm³/mol. The van der Waals surface area contributed by atoms with Crippen LogP contribution in [0.3, 0.4) is 0 Å².